The van der Waals surface area contributed by atoms with Crippen LogP contribution in [0.3, 0.4) is 0 Å². The number of rotatable bonds is 6. The predicted molar refractivity (Wildman–Crippen MR) is 85.4 cm³/mol. The molecule has 0 radical (unpaired) electrons. The average Bonchev–Trinajstić information content (AvgIpc) is 3.56. The summed E-state index contributed by atoms with van der Waals surface area (Å²) in [7, 11) is 0. The minimum absolute atomic E-state index is 0.148. The molecule has 0 saturated carbocycles. The molecular weight excluding hydrogens is 308 g/mol. The van der Waals surface area contributed by atoms with Gasteiger partial charge in [-0.3, -0.25) is 0 Å². The van der Waals surface area contributed by atoms with Crippen molar-refractivity contribution in [1.82, 2.24) is 0 Å². The second kappa shape index (κ2) is 5.92. The third kappa shape index (κ3) is 3.00. The number of epoxide rings is 2. The lowest BCUT2D eigenvalue weighted by atomic mass is 10.0. The SMILES string of the molecule is O=C(OCC1(c2ccccc2)CO1)OCC1(c2ccccc2)CO1. The maximum atomic E-state index is 11.9. The number of carbonyl (C=O) groups excluding carboxylic acids is 1. The van der Waals surface area contributed by atoms with Crippen LogP contribution in [0.2, 0.25) is 0 Å². The van der Waals surface area contributed by atoms with E-state index in [1.807, 2.05) is 60.7 Å². The van der Waals surface area contributed by atoms with Crippen LogP contribution >= 0.6 is 0 Å². The maximum absolute atomic E-state index is 11.9. The Kier molecular flexibility index (Phi) is 3.75. The highest BCUT2D eigenvalue weighted by atomic mass is 16.7. The van der Waals surface area contributed by atoms with Crippen molar-refractivity contribution >= 4 is 6.16 Å². The van der Waals surface area contributed by atoms with Gasteiger partial charge in [0.05, 0.1) is 13.2 Å². The molecule has 2 aliphatic heterocycles. The summed E-state index contributed by atoms with van der Waals surface area (Å²) in [6, 6.07) is 19.5. The molecule has 5 nitrogen and oxygen atoms in total. The number of hydrogen-bond acceptors (Lipinski definition) is 5. The lowest BCUT2D eigenvalue weighted by Gasteiger charge is -2.15. The van der Waals surface area contributed by atoms with Crippen molar-refractivity contribution in [3.63, 3.8) is 0 Å². The molecule has 0 spiro atoms. The Morgan fingerprint density at radius 1 is 0.792 bits per heavy atom. The van der Waals surface area contributed by atoms with Gasteiger partial charge < -0.3 is 18.9 Å². The first-order chi connectivity index (χ1) is 11.7. The van der Waals surface area contributed by atoms with E-state index < -0.39 is 17.4 Å². The van der Waals surface area contributed by atoms with Gasteiger partial charge in [-0.1, -0.05) is 60.7 Å². The fourth-order valence-electron chi connectivity index (χ4n) is 2.72. The molecule has 0 amide bonds. The normalized spacial score (nSPS) is 27.3. The molecule has 2 unspecified atom stereocenters. The molecule has 2 aromatic rings. The zero-order valence-electron chi connectivity index (χ0n) is 13.1. The van der Waals surface area contributed by atoms with Gasteiger partial charge in [-0.15, -0.1) is 0 Å². The Bertz CT molecular complexity index is 644. The first-order valence-electron chi connectivity index (χ1n) is 7.91. The molecule has 124 valence electrons. The molecule has 2 atom stereocenters. The van der Waals surface area contributed by atoms with Crippen LogP contribution in [0, 0.1) is 0 Å². The summed E-state index contributed by atoms with van der Waals surface area (Å²) >= 11 is 0. The van der Waals surface area contributed by atoms with Crippen LogP contribution in [-0.4, -0.2) is 32.6 Å². The van der Waals surface area contributed by atoms with Crippen molar-refractivity contribution in [3.8, 4) is 0 Å². The first kappa shape index (κ1) is 15.2. The van der Waals surface area contributed by atoms with Crippen molar-refractivity contribution < 1.29 is 23.7 Å². The molecule has 0 aromatic heterocycles. The van der Waals surface area contributed by atoms with Crippen LogP contribution in [-0.2, 0) is 30.1 Å². The summed E-state index contributed by atoms with van der Waals surface area (Å²) in [5.41, 5.74) is 0.967. The van der Waals surface area contributed by atoms with E-state index in [4.69, 9.17) is 18.9 Å². The zero-order chi connectivity index (χ0) is 16.5. The van der Waals surface area contributed by atoms with E-state index in [1.165, 1.54) is 0 Å². The van der Waals surface area contributed by atoms with Crippen LogP contribution < -0.4 is 0 Å². The van der Waals surface area contributed by atoms with E-state index >= 15 is 0 Å². The molecule has 24 heavy (non-hydrogen) atoms. The van der Waals surface area contributed by atoms with Gasteiger partial charge in [0.2, 0.25) is 0 Å². The lowest BCUT2D eigenvalue weighted by molar-refractivity contribution is 0.0224. The summed E-state index contributed by atoms with van der Waals surface area (Å²) in [4.78, 5) is 11.9. The van der Waals surface area contributed by atoms with E-state index in [9.17, 15) is 4.79 Å². The number of carbonyl (C=O) groups is 1. The zero-order valence-corrected chi connectivity index (χ0v) is 13.1. The van der Waals surface area contributed by atoms with E-state index in [-0.39, 0.29) is 13.2 Å². The quantitative estimate of drug-likeness (QED) is 0.603. The lowest BCUT2D eigenvalue weighted by Crippen LogP contribution is -2.24. The molecule has 2 aromatic carbocycles. The largest absolute Gasteiger partial charge is 0.508 e. The fraction of sp³-hybridized carbons (Fsp3) is 0.316. The highest BCUT2D eigenvalue weighted by molar-refractivity contribution is 5.60. The highest BCUT2D eigenvalue weighted by Crippen LogP contribution is 2.40. The Morgan fingerprint density at radius 3 is 1.50 bits per heavy atom. The van der Waals surface area contributed by atoms with Gasteiger partial charge in [0.15, 0.2) is 11.2 Å². The van der Waals surface area contributed by atoms with E-state index in [1.54, 1.807) is 0 Å². The van der Waals surface area contributed by atoms with E-state index in [0.717, 1.165) is 11.1 Å². The molecule has 0 aliphatic carbocycles. The van der Waals surface area contributed by atoms with Gasteiger partial charge >= 0.3 is 6.16 Å². The van der Waals surface area contributed by atoms with Gasteiger partial charge in [0.25, 0.3) is 0 Å². The predicted octanol–water partition coefficient (Wildman–Crippen LogP) is 2.99. The highest BCUT2D eigenvalue weighted by Gasteiger charge is 2.49. The fourth-order valence-corrected chi connectivity index (χ4v) is 2.72. The third-order valence-corrected chi connectivity index (χ3v) is 4.43. The van der Waals surface area contributed by atoms with Gasteiger partial charge in [-0.25, -0.2) is 4.79 Å². The van der Waals surface area contributed by atoms with Crippen LogP contribution in [0.1, 0.15) is 11.1 Å². The summed E-state index contributed by atoms with van der Waals surface area (Å²) in [5, 5.41) is 0. The number of hydrogen-bond donors (Lipinski definition) is 0. The average molecular weight is 326 g/mol. The van der Waals surface area contributed by atoms with Crippen molar-refractivity contribution in [2.45, 2.75) is 11.2 Å². The standard InChI is InChI=1S/C19H18O5/c20-17(21-11-18(13-23-18)15-7-3-1-4-8-15)22-12-19(14-24-19)16-9-5-2-6-10-16/h1-10H,11-14H2. The van der Waals surface area contributed by atoms with E-state index in [0.29, 0.717) is 13.2 Å². The molecule has 4 rings (SSSR count). The summed E-state index contributed by atoms with van der Waals surface area (Å²) < 4.78 is 21.5. The van der Waals surface area contributed by atoms with Crippen molar-refractivity contribution in [1.29, 1.82) is 0 Å². The van der Waals surface area contributed by atoms with Crippen LogP contribution in [0.5, 0.6) is 0 Å². The number of benzene rings is 2. The topological polar surface area (TPSA) is 60.6 Å². The van der Waals surface area contributed by atoms with Crippen LogP contribution in [0.4, 0.5) is 4.79 Å². The van der Waals surface area contributed by atoms with Crippen molar-refractivity contribution in [2.75, 3.05) is 26.4 Å². The molecule has 0 N–H and O–H groups in total. The molecule has 2 fully saturated rings. The Morgan fingerprint density at radius 2 is 1.17 bits per heavy atom. The first-order valence-corrected chi connectivity index (χ1v) is 7.91. The molecule has 0 bridgehead atoms. The summed E-state index contributed by atoms with van der Waals surface area (Å²) in [5.74, 6) is 0. The van der Waals surface area contributed by atoms with E-state index in [2.05, 4.69) is 0 Å². The minimum Gasteiger partial charge on any atom is -0.431 e. The van der Waals surface area contributed by atoms with Gasteiger partial charge in [0.1, 0.15) is 13.2 Å². The Hall–Kier alpha value is -2.37. The Labute approximate surface area is 140 Å². The maximum Gasteiger partial charge on any atom is 0.508 e. The smallest absolute Gasteiger partial charge is 0.431 e. The molecule has 2 saturated heterocycles. The molecule has 5 heteroatoms. The molecule has 2 aliphatic rings. The molecular formula is C19H18O5. The van der Waals surface area contributed by atoms with Gasteiger partial charge in [-0.2, -0.15) is 0 Å². The van der Waals surface area contributed by atoms with Crippen molar-refractivity contribution in [3.05, 3.63) is 71.8 Å². The van der Waals surface area contributed by atoms with Crippen LogP contribution in [0.25, 0.3) is 0 Å². The third-order valence-electron chi connectivity index (χ3n) is 4.43. The summed E-state index contributed by atoms with van der Waals surface area (Å²) in [6.45, 7) is 1.38. The second-order valence-corrected chi connectivity index (χ2v) is 6.13. The van der Waals surface area contributed by atoms with Crippen molar-refractivity contribution in [2.24, 2.45) is 0 Å². The minimum atomic E-state index is -0.702. The summed E-state index contributed by atoms with van der Waals surface area (Å²) in [6.07, 6.45) is -0.702. The van der Waals surface area contributed by atoms with Crippen LogP contribution in [0.15, 0.2) is 60.7 Å². The second-order valence-electron chi connectivity index (χ2n) is 6.13. The monoisotopic (exact) mass is 326 g/mol. The number of ether oxygens (including phenoxy) is 4. The molecule has 2 heterocycles. The van der Waals surface area contributed by atoms with Gasteiger partial charge in [0, 0.05) is 0 Å². The van der Waals surface area contributed by atoms with Gasteiger partial charge in [-0.05, 0) is 11.1 Å². The Balaban J connectivity index is 1.29.